The third-order valence-corrected chi connectivity index (χ3v) is 7.67. The molecule has 0 radical (unpaired) electrons. The fourth-order valence-corrected chi connectivity index (χ4v) is 5.56. The first-order chi connectivity index (χ1) is 16.0. The summed E-state index contributed by atoms with van der Waals surface area (Å²) in [7, 11) is 0. The van der Waals surface area contributed by atoms with E-state index >= 15 is 0 Å². The number of nitrogens with zero attached hydrogens (tertiary/aromatic N) is 3. The summed E-state index contributed by atoms with van der Waals surface area (Å²) in [6, 6.07) is 18.5. The zero-order chi connectivity index (χ0) is 23.4. The molecule has 1 amide bonds. The average molecular weight is 494 g/mol. The van der Waals surface area contributed by atoms with Crippen molar-refractivity contribution in [2.24, 2.45) is 5.92 Å². The minimum atomic E-state index is -0.0246. The van der Waals surface area contributed by atoms with Crippen LogP contribution < -0.4 is 0 Å². The number of rotatable bonds is 8. The number of aromatic nitrogens is 2. The standard InChI is InChI=1S/C26H27N3OS3/c1-4-14-32-22-12-10-19(11-13-22)24-20(17-29(27-24)21-8-6-5-7-9-21)15-23-25(30)28(16-18(2)3)26(31)33-23/h5-13,15,17-18H,4,14,16H2,1-3H3. The van der Waals surface area contributed by atoms with E-state index in [-0.39, 0.29) is 5.91 Å². The van der Waals surface area contributed by atoms with Gasteiger partial charge >= 0.3 is 0 Å². The molecule has 170 valence electrons. The summed E-state index contributed by atoms with van der Waals surface area (Å²) >= 11 is 8.71. The van der Waals surface area contributed by atoms with E-state index in [2.05, 4.69) is 45.0 Å². The summed E-state index contributed by atoms with van der Waals surface area (Å²) in [6.45, 7) is 7.00. The number of carbonyl (C=O) groups is 1. The van der Waals surface area contributed by atoms with Crippen molar-refractivity contribution < 1.29 is 4.79 Å². The quantitative estimate of drug-likeness (QED) is 0.194. The van der Waals surface area contributed by atoms with Crippen molar-refractivity contribution >= 4 is 52.0 Å². The van der Waals surface area contributed by atoms with Crippen molar-refractivity contribution in [3.05, 3.63) is 71.3 Å². The molecule has 7 heteroatoms. The molecule has 3 aromatic rings. The highest BCUT2D eigenvalue weighted by atomic mass is 32.2. The van der Waals surface area contributed by atoms with Crippen molar-refractivity contribution in [1.29, 1.82) is 0 Å². The molecule has 1 aliphatic rings. The number of thiocarbonyl (C=S) groups is 1. The molecule has 0 atom stereocenters. The second-order valence-corrected chi connectivity index (χ2v) is 11.1. The molecule has 0 aliphatic carbocycles. The lowest BCUT2D eigenvalue weighted by atomic mass is 10.1. The molecule has 2 aromatic carbocycles. The van der Waals surface area contributed by atoms with Crippen molar-refractivity contribution in [3.8, 4) is 16.9 Å². The Balaban J connectivity index is 1.72. The van der Waals surface area contributed by atoms with E-state index in [9.17, 15) is 4.79 Å². The summed E-state index contributed by atoms with van der Waals surface area (Å²) in [5, 5.41) is 4.89. The van der Waals surface area contributed by atoms with Crippen LogP contribution in [0.4, 0.5) is 0 Å². The zero-order valence-corrected chi connectivity index (χ0v) is 21.5. The third-order valence-electron chi connectivity index (χ3n) is 5.07. The number of benzene rings is 2. The van der Waals surface area contributed by atoms with Gasteiger partial charge in [0.2, 0.25) is 0 Å². The number of hydrogen-bond donors (Lipinski definition) is 0. The predicted molar refractivity (Wildman–Crippen MR) is 145 cm³/mol. The second-order valence-electron chi connectivity index (χ2n) is 8.27. The van der Waals surface area contributed by atoms with Crippen LogP contribution in [0.5, 0.6) is 0 Å². The Morgan fingerprint density at radius 1 is 1.12 bits per heavy atom. The molecule has 0 spiro atoms. The first kappa shape index (κ1) is 23.8. The van der Waals surface area contributed by atoms with Crippen LogP contribution in [0.1, 0.15) is 32.8 Å². The van der Waals surface area contributed by atoms with Crippen LogP contribution in [0.25, 0.3) is 23.0 Å². The predicted octanol–water partition coefficient (Wildman–Crippen LogP) is 6.90. The summed E-state index contributed by atoms with van der Waals surface area (Å²) in [5.41, 5.74) is 3.74. The molecule has 1 aromatic heterocycles. The van der Waals surface area contributed by atoms with E-state index in [1.165, 1.54) is 16.7 Å². The normalized spacial score (nSPS) is 15.3. The summed E-state index contributed by atoms with van der Waals surface area (Å²) in [5.74, 6) is 1.43. The van der Waals surface area contributed by atoms with Gasteiger partial charge in [-0.25, -0.2) is 4.68 Å². The van der Waals surface area contributed by atoms with Crippen LogP contribution in [0.2, 0.25) is 0 Å². The minimum Gasteiger partial charge on any atom is -0.293 e. The topological polar surface area (TPSA) is 38.1 Å². The molecule has 1 fully saturated rings. The summed E-state index contributed by atoms with van der Waals surface area (Å²) < 4.78 is 2.49. The third kappa shape index (κ3) is 5.60. The highest BCUT2D eigenvalue weighted by molar-refractivity contribution is 8.26. The van der Waals surface area contributed by atoms with Gasteiger partial charge in [0.1, 0.15) is 4.32 Å². The van der Waals surface area contributed by atoms with E-state index in [4.69, 9.17) is 17.3 Å². The molecule has 0 saturated carbocycles. The maximum absolute atomic E-state index is 13.0. The fraction of sp³-hybridized carbons (Fsp3) is 0.269. The Morgan fingerprint density at radius 2 is 1.85 bits per heavy atom. The van der Waals surface area contributed by atoms with Crippen molar-refractivity contribution in [3.63, 3.8) is 0 Å². The van der Waals surface area contributed by atoms with Crippen molar-refractivity contribution in [2.45, 2.75) is 32.1 Å². The lowest BCUT2D eigenvalue weighted by molar-refractivity contribution is -0.122. The van der Waals surface area contributed by atoms with Gasteiger partial charge in [-0.05, 0) is 48.4 Å². The Labute approximate surface area is 209 Å². The smallest absolute Gasteiger partial charge is 0.266 e. The van der Waals surface area contributed by atoms with Crippen molar-refractivity contribution in [1.82, 2.24) is 14.7 Å². The van der Waals surface area contributed by atoms with Gasteiger partial charge in [-0.1, -0.05) is 75.1 Å². The maximum Gasteiger partial charge on any atom is 0.266 e. The largest absolute Gasteiger partial charge is 0.293 e. The van der Waals surface area contributed by atoms with E-state index in [1.807, 2.05) is 59.0 Å². The average Bonchev–Trinajstić information content (AvgIpc) is 3.35. The number of hydrogen-bond acceptors (Lipinski definition) is 5. The molecule has 1 aliphatic heterocycles. The van der Waals surface area contributed by atoms with Gasteiger partial charge in [0.05, 0.1) is 16.3 Å². The molecular formula is C26H27N3OS3. The number of carbonyl (C=O) groups excluding carboxylic acids is 1. The van der Waals surface area contributed by atoms with Crippen LogP contribution >= 0.6 is 35.7 Å². The Kier molecular flexibility index (Phi) is 7.73. The Morgan fingerprint density at radius 3 is 2.52 bits per heavy atom. The van der Waals surface area contributed by atoms with E-state index in [0.29, 0.717) is 21.7 Å². The summed E-state index contributed by atoms with van der Waals surface area (Å²) in [6.07, 6.45) is 5.06. The first-order valence-corrected chi connectivity index (χ1v) is 13.3. The Hall–Kier alpha value is -2.35. The number of para-hydroxylation sites is 1. The SMILES string of the molecule is CCCSc1ccc(-c2nn(-c3ccccc3)cc2C=C2SC(=S)N(CC(C)C)C2=O)cc1. The van der Waals surface area contributed by atoms with Gasteiger partial charge in [0.25, 0.3) is 5.91 Å². The van der Waals surface area contributed by atoms with Crippen LogP contribution in [0.3, 0.4) is 0 Å². The monoisotopic (exact) mass is 493 g/mol. The maximum atomic E-state index is 13.0. The molecular weight excluding hydrogens is 467 g/mol. The molecule has 1 saturated heterocycles. The number of amides is 1. The second kappa shape index (κ2) is 10.7. The molecule has 33 heavy (non-hydrogen) atoms. The first-order valence-electron chi connectivity index (χ1n) is 11.1. The van der Waals surface area contributed by atoms with Gasteiger partial charge in [0, 0.05) is 28.8 Å². The fourth-order valence-electron chi connectivity index (χ4n) is 3.52. The molecule has 2 heterocycles. The summed E-state index contributed by atoms with van der Waals surface area (Å²) in [4.78, 5) is 16.6. The van der Waals surface area contributed by atoms with Gasteiger partial charge in [-0.15, -0.1) is 11.8 Å². The van der Waals surface area contributed by atoms with E-state index < -0.39 is 0 Å². The molecule has 0 N–H and O–H groups in total. The molecule has 0 bridgehead atoms. The van der Waals surface area contributed by atoms with Crippen LogP contribution in [0, 0.1) is 5.92 Å². The van der Waals surface area contributed by atoms with E-state index in [1.54, 1.807) is 4.90 Å². The minimum absolute atomic E-state index is 0.0246. The highest BCUT2D eigenvalue weighted by Gasteiger charge is 2.32. The molecule has 4 rings (SSSR count). The van der Waals surface area contributed by atoms with Crippen LogP contribution in [-0.2, 0) is 4.79 Å². The molecule has 4 nitrogen and oxygen atoms in total. The van der Waals surface area contributed by atoms with Gasteiger partial charge in [-0.2, -0.15) is 5.10 Å². The van der Waals surface area contributed by atoms with E-state index in [0.717, 1.165) is 34.7 Å². The van der Waals surface area contributed by atoms with Gasteiger partial charge in [-0.3, -0.25) is 9.69 Å². The highest BCUT2D eigenvalue weighted by Crippen LogP contribution is 2.35. The Bertz CT molecular complexity index is 1170. The lowest BCUT2D eigenvalue weighted by Gasteiger charge is -2.16. The zero-order valence-electron chi connectivity index (χ0n) is 19.0. The lowest BCUT2D eigenvalue weighted by Crippen LogP contribution is -2.31. The van der Waals surface area contributed by atoms with Crippen LogP contribution in [0.15, 0.2) is 70.6 Å². The van der Waals surface area contributed by atoms with Crippen LogP contribution in [-0.4, -0.2) is 37.2 Å². The van der Waals surface area contributed by atoms with Gasteiger partial charge < -0.3 is 0 Å². The number of thioether (sulfide) groups is 2. The molecule has 0 unspecified atom stereocenters. The van der Waals surface area contributed by atoms with Gasteiger partial charge in [0.15, 0.2) is 0 Å². The van der Waals surface area contributed by atoms with Crippen molar-refractivity contribution in [2.75, 3.05) is 12.3 Å².